The highest BCUT2D eigenvalue weighted by Gasteiger charge is 2.36. The van der Waals surface area contributed by atoms with Gasteiger partial charge in [0.15, 0.2) is 11.6 Å². The molecule has 1 N–H and O–H groups in total. The van der Waals surface area contributed by atoms with Gasteiger partial charge in [0.2, 0.25) is 0 Å². The lowest BCUT2D eigenvalue weighted by Gasteiger charge is -2.47. The zero-order chi connectivity index (χ0) is 13.4. The van der Waals surface area contributed by atoms with E-state index in [0.29, 0.717) is 12.1 Å². The summed E-state index contributed by atoms with van der Waals surface area (Å²) in [5.41, 5.74) is 0. The number of aromatic nitrogens is 1. The molecule has 3 rings (SSSR count). The van der Waals surface area contributed by atoms with Crippen LogP contribution in [0.3, 0.4) is 0 Å². The van der Waals surface area contributed by atoms with Gasteiger partial charge in [0.05, 0.1) is 6.20 Å². The Labute approximate surface area is 112 Å². The van der Waals surface area contributed by atoms with E-state index >= 15 is 0 Å². The van der Waals surface area contributed by atoms with Gasteiger partial charge in [-0.05, 0) is 32.7 Å². The van der Waals surface area contributed by atoms with Crippen LogP contribution in [0.15, 0.2) is 12.3 Å². The highest BCUT2D eigenvalue weighted by Crippen LogP contribution is 2.33. The number of pyridine rings is 1. The maximum Gasteiger partial charge on any atom is 0.168 e. The van der Waals surface area contributed by atoms with Crippen molar-refractivity contribution in [2.24, 2.45) is 0 Å². The molecule has 3 nitrogen and oxygen atoms in total. The van der Waals surface area contributed by atoms with E-state index in [1.54, 1.807) is 0 Å². The first-order valence-corrected chi connectivity index (χ1v) is 6.93. The van der Waals surface area contributed by atoms with Gasteiger partial charge >= 0.3 is 0 Å². The predicted molar refractivity (Wildman–Crippen MR) is 70.0 cm³/mol. The smallest absolute Gasteiger partial charge is 0.168 e. The molecule has 2 atom stereocenters. The van der Waals surface area contributed by atoms with Crippen molar-refractivity contribution in [1.82, 2.24) is 9.88 Å². The van der Waals surface area contributed by atoms with Crippen molar-refractivity contribution in [2.45, 2.75) is 50.2 Å². The number of hydrogen-bond donors (Lipinski definition) is 1. The van der Waals surface area contributed by atoms with Crippen molar-refractivity contribution in [2.75, 3.05) is 12.4 Å². The van der Waals surface area contributed by atoms with Crippen LogP contribution in [-0.4, -0.2) is 35.1 Å². The van der Waals surface area contributed by atoms with Crippen LogP contribution in [0.1, 0.15) is 32.1 Å². The van der Waals surface area contributed by atoms with Gasteiger partial charge in [0, 0.05) is 24.2 Å². The molecule has 0 aromatic carbocycles. The van der Waals surface area contributed by atoms with Crippen LogP contribution in [0.2, 0.25) is 0 Å². The molecule has 1 aromatic rings. The van der Waals surface area contributed by atoms with E-state index in [0.717, 1.165) is 25.1 Å². The molecule has 0 spiro atoms. The third-order valence-electron chi connectivity index (χ3n) is 4.49. The molecule has 0 saturated carbocycles. The fourth-order valence-corrected chi connectivity index (χ4v) is 3.45. The average molecular weight is 267 g/mol. The standard InChI is InChI=1S/C14H19F2N3/c1-19-11-3-2-4-12(19)7-10(6-11)18-14-13(16)5-9(15)8-17-14/h5,8,10-12H,2-4,6-7H2,1H3,(H,17,18). The molecule has 2 aliphatic heterocycles. The fourth-order valence-electron chi connectivity index (χ4n) is 3.45. The summed E-state index contributed by atoms with van der Waals surface area (Å²) in [6.07, 6.45) is 6.78. The Morgan fingerprint density at radius 1 is 1.26 bits per heavy atom. The second-order valence-corrected chi connectivity index (χ2v) is 5.70. The van der Waals surface area contributed by atoms with E-state index < -0.39 is 11.6 Å². The molecule has 19 heavy (non-hydrogen) atoms. The van der Waals surface area contributed by atoms with E-state index in [2.05, 4.69) is 22.2 Å². The lowest BCUT2D eigenvalue weighted by molar-refractivity contribution is 0.0607. The molecule has 0 aliphatic carbocycles. The Hall–Kier alpha value is -1.23. The molecule has 0 amide bonds. The maximum absolute atomic E-state index is 13.6. The van der Waals surface area contributed by atoms with Crippen molar-refractivity contribution in [1.29, 1.82) is 0 Å². The van der Waals surface area contributed by atoms with Crippen LogP contribution in [0.4, 0.5) is 14.6 Å². The van der Waals surface area contributed by atoms with Gasteiger partial charge in [-0.3, -0.25) is 0 Å². The normalized spacial score (nSPS) is 31.2. The average Bonchev–Trinajstić information content (AvgIpc) is 2.34. The van der Waals surface area contributed by atoms with Crippen LogP contribution in [0.25, 0.3) is 0 Å². The minimum atomic E-state index is -0.636. The first-order valence-electron chi connectivity index (χ1n) is 6.93. The lowest BCUT2D eigenvalue weighted by atomic mass is 9.82. The van der Waals surface area contributed by atoms with Gasteiger partial charge in [0.1, 0.15) is 5.82 Å². The summed E-state index contributed by atoms with van der Waals surface area (Å²) >= 11 is 0. The largest absolute Gasteiger partial charge is 0.365 e. The van der Waals surface area contributed by atoms with Gasteiger partial charge in [-0.2, -0.15) is 0 Å². The lowest BCUT2D eigenvalue weighted by Crippen LogP contribution is -2.52. The predicted octanol–water partition coefficient (Wildman–Crippen LogP) is 2.79. The van der Waals surface area contributed by atoms with E-state index in [9.17, 15) is 8.78 Å². The molecule has 2 unspecified atom stereocenters. The van der Waals surface area contributed by atoms with Gasteiger partial charge in [-0.15, -0.1) is 0 Å². The summed E-state index contributed by atoms with van der Waals surface area (Å²) in [5.74, 6) is -1.07. The van der Waals surface area contributed by atoms with Crippen molar-refractivity contribution in [3.8, 4) is 0 Å². The van der Waals surface area contributed by atoms with Crippen LogP contribution >= 0.6 is 0 Å². The number of hydrogen-bond acceptors (Lipinski definition) is 3. The second kappa shape index (κ2) is 5.04. The molecule has 2 aliphatic rings. The number of nitrogens with one attached hydrogen (secondary N) is 1. The summed E-state index contributed by atoms with van der Waals surface area (Å²) in [6.45, 7) is 0. The Bertz CT molecular complexity index is 452. The molecule has 5 heteroatoms. The number of halogens is 2. The Morgan fingerprint density at radius 2 is 1.95 bits per heavy atom. The number of anilines is 1. The molecular formula is C14H19F2N3. The summed E-state index contributed by atoms with van der Waals surface area (Å²) in [5, 5.41) is 3.15. The highest BCUT2D eigenvalue weighted by atomic mass is 19.1. The number of rotatable bonds is 2. The summed E-state index contributed by atoms with van der Waals surface area (Å²) in [7, 11) is 2.18. The summed E-state index contributed by atoms with van der Waals surface area (Å²) < 4.78 is 26.4. The zero-order valence-electron chi connectivity index (χ0n) is 11.1. The van der Waals surface area contributed by atoms with Crippen LogP contribution in [-0.2, 0) is 0 Å². The Kier molecular flexibility index (Phi) is 3.39. The van der Waals surface area contributed by atoms with Crippen LogP contribution in [0.5, 0.6) is 0 Å². The molecule has 104 valence electrons. The van der Waals surface area contributed by atoms with E-state index in [4.69, 9.17) is 0 Å². The number of piperidine rings is 2. The zero-order valence-corrected chi connectivity index (χ0v) is 11.1. The Morgan fingerprint density at radius 3 is 2.58 bits per heavy atom. The van der Waals surface area contributed by atoms with Gasteiger partial charge < -0.3 is 10.2 Å². The van der Waals surface area contributed by atoms with Crippen molar-refractivity contribution in [3.63, 3.8) is 0 Å². The molecule has 0 radical (unpaired) electrons. The van der Waals surface area contributed by atoms with Gasteiger partial charge in [0.25, 0.3) is 0 Å². The molecule has 2 bridgehead atoms. The van der Waals surface area contributed by atoms with Crippen LogP contribution in [0, 0.1) is 11.6 Å². The Balaban J connectivity index is 1.70. The molecule has 2 fully saturated rings. The third-order valence-corrected chi connectivity index (χ3v) is 4.49. The minimum Gasteiger partial charge on any atom is -0.365 e. The topological polar surface area (TPSA) is 28.2 Å². The van der Waals surface area contributed by atoms with Crippen molar-refractivity contribution >= 4 is 5.82 Å². The van der Waals surface area contributed by atoms with Gasteiger partial charge in [-0.1, -0.05) is 6.42 Å². The molecule has 1 aromatic heterocycles. The fraction of sp³-hybridized carbons (Fsp3) is 0.643. The number of fused-ring (bicyclic) bond motifs is 2. The second-order valence-electron chi connectivity index (χ2n) is 5.70. The SMILES string of the molecule is CN1C2CCCC1CC(Nc1ncc(F)cc1F)C2. The monoisotopic (exact) mass is 267 g/mol. The highest BCUT2D eigenvalue weighted by molar-refractivity contribution is 5.37. The molecular weight excluding hydrogens is 248 g/mol. The van der Waals surface area contributed by atoms with E-state index in [1.165, 1.54) is 19.3 Å². The molecule has 2 saturated heterocycles. The van der Waals surface area contributed by atoms with E-state index in [-0.39, 0.29) is 11.9 Å². The molecule has 3 heterocycles. The maximum atomic E-state index is 13.6. The van der Waals surface area contributed by atoms with Crippen molar-refractivity contribution < 1.29 is 8.78 Å². The first kappa shape index (κ1) is 12.8. The third kappa shape index (κ3) is 2.56. The van der Waals surface area contributed by atoms with Gasteiger partial charge in [-0.25, -0.2) is 13.8 Å². The number of nitrogens with zero attached hydrogens (tertiary/aromatic N) is 2. The quantitative estimate of drug-likeness (QED) is 0.893. The van der Waals surface area contributed by atoms with Crippen LogP contribution < -0.4 is 5.32 Å². The first-order chi connectivity index (χ1) is 9.13. The summed E-state index contributed by atoms with van der Waals surface area (Å²) in [6, 6.07) is 2.27. The van der Waals surface area contributed by atoms with Crippen molar-refractivity contribution in [3.05, 3.63) is 23.9 Å². The van der Waals surface area contributed by atoms with E-state index in [1.807, 2.05) is 0 Å². The summed E-state index contributed by atoms with van der Waals surface area (Å²) in [4.78, 5) is 6.26. The minimum absolute atomic E-state index is 0.175.